The second-order valence-corrected chi connectivity index (χ2v) is 6.71. The summed E-state index contributed by atoms with van der Waals surface area (Å²) < 4.78 is 36.6. The number of carbonyl (C=O) groups excluding carboxylic acids is 1. The maximum Gasteiger partial charge on any atom is 0.243 e. The number of aryl methyl sites for hydroxylation is 1. The molecule has 0 unspecified atom stereocenters. The van der Waals surface area contributed by atoms with Crippen LogP contribution in [0.15, 0.2) is 23.1 Å². The largest absolute Gasteiger partial charge is 0.496 e. The molecule has 0 aliphatic heterocycles. The standard InChI is InChI=1S/C14H22N2O5S/c1-10-9-12(5-6-13(10)21-4)22(18,19)16(7-8-20-3)11(2)14(15)17/h5-6,9,11H,7-8H2,1-4H3,(H2,15,17)/t11-/m0/s1. The van der Waals surface area contributed by atoms with Crippen molar-refractivity contribution in [1.29, 1.82) is 0 Å². The summed E-state index contributed by atoms with van der Waals surface area (Å²) in [7, 11) is -0.902. The van der Waals surface area contributed by atoms with Gasteiger partial charge in [-0.1, -0.05) is 0 Å². The fraction of sp³-hybridized carbons (Fsp3) is 0.500. The van der Waals surface area contributed by atoms with E-state index in [4.69, 9.17) is 15.2 Å². The minimum Gasteiger partial charge on any atom is -0.496 e. The Morgan fingerprint density at radius 1 is 1.36 bits per heavy atom. The molecule has 0 aliphatic rings. The van der Waals surface area contributed by atoms with E-state index in [1.165, 1.54) is 33.3 Å². The molecular weight excluding hydrogens is 308 g/mol. The average Bonchev–Trinajstić information content (AvgIpc) is 2.46. The molecule has 1 aromatic rings. The predicted octanol–water partition coefficient (Wildman–Crippen LogP) is 0.515. The van der Waals surface area contributed by atoms with Crippen molar-refractivity contribution in [3.8, 4) is 5.75 Å². The molecule has 0 bridgehead atoms. The first-order valence-corrected chi connectivity index (χ1v) is 8.14. The van der Waals surface area contributed by atoms with Gasteiger partial charge in [-0.15, -0.1) is 0 Å². The van der Waals surface area contributed by atoms with E-state index in [1.54, 1.807) is 13.0 Å². The first kappa shape index (κ1) is 18.4. The second-order valence-electron chi connectivity index (χ2n) is 4.82. The molecule has 7 nitrogen and oxygen atoms in total. The molecule has 1 rings (SSSR count). The number of ether oxygens (including phenoxy) is 2. The first-order chi connectivity index (χ1) is 10.3. The Hall–Kier alpha value is -1.64. The quantitative estimate of drug-likeness (QED) is 0.749. The van der Waals surface area contributed by atoms with Gasteiger partial charge >= 0.3 is 0 Å². The van der Waals surface area contributed by atoms with E-state index in [2.05, 4.69) is 0 Å². The molecule has 0 saturated heterocycles. The number of rotatable bonds is 8. The number of methoxy groups -OCH3 is 2. The highest BCUT2D eigenvalue weighted by Gasteiger charge is 2.32. The van der Waals surface area contributed by atoms with Crippen LogP contribution in [0.4, 0.5) is 0 Å². The van der Waals surface area contributed by atoms with Crippen molar-refractivity contribution < 1.29 is 22.7 Å². The fourth-order valence-electron chi connectivity index (χ4n) is 1.99. The van der Waals surface area contributed by atoms with Crippen LogP contribution in [-0.4, -0.2) is 52.0 Å². The molecule has 0 saturated carbocycles. The van der Waals surface area contributed by atoms with Crippen LogP contribution in [0, 0.1) is 6.92 Å². The van der Waals surface area contributed by atoms with Crippen LogP contribution in [0.5, 0.6) is 5.75 Å². The fourth-order valence-corrected chi connectivity index (χ4v) is 3.66. The summed E-state index contributed by atoms with van der Waals surface area (Å²) in [4.78, 5) is 11.5. The number of sulfonamides is 1. The molecule has 1 amide bonds. The summed E-state index contributed by atoms with van der Waals surface area (Å²) >= 11 is 0. The van der Waals surface area contributed by atoms with Gasteiger partial charge in [0, 0.05) is 13.7 Å². The third-order valence-electron chi connectivity index (χ3n) is 3.33. The molecule has 8 heteroatoms. The normalized spacial score (nSPS) is 13.1. The van der Waals surface area contributed by atoms with Crippen molar-refractivity contribution in [2.24, 2.45) is 5.73 Å². The monoisotopic (exact) mass is 330 g/mol. The van der Waals surface area contributed by atoms with Gasteiger partial charge in [0.05, 0.1) is 18.6 Å². The number of amides is 1. The molecule has 124 valence electrons. The van der Waals surface area contributed by atoms with E-state index >= 15 is 0 Å². The second kappa shape index (κ2) is 7.57. The Morgan fingerprint density at radius 2 is 2.00 bits per heavy atom. The number of nitrogens with two attached hydrogens (primary N) is 1. The van der Waals surface area contributed by atoms with Crippen LogP contribution in [0.2, 0.25) is 0 Å². The summed E-state index contributed by atoms with van der Waals surface area (Å²) in [5.41, 5.74) is 5.94. The lowest BCUT2D eigenvalue weighted by atomic mass is 10.2. The van der Waals surface area contributed by atoms with Gasteiger partial charge in [-0.25, -0.2) is 8.42 Å². The Bertz CT molecular complexity index is 630. The highest BCUT2D eigenvalue weighted by molar-refractivity contribution is 7.89. The van der Waals surface area contributed by atoms with Crippen molar-refractivity contribution in [1.82, 2.24) is 4.31 Å². The van der Waals surface area contributed by atoms with Crippen LogP contribution >= 0.6 is 0 Å². The minimum atomic E-state index is -3.87. The summed E-state index contributed by atoms with van der Waals surface area (Å²) in [5.74, 6) is -0.129. The van der Waals surface area contributed by atoms with Gasteiger partial charge in [-0.05, 0) is 37.6 Å². The molecule has 0 fully saturated rings. The molecule has 1 aromatic carbocycles. The van der Waals surface area contributed by atoms with Crippen molar-refractivity contribution in [3.05, 3.63) is 23.8 Å². The van der Waals surface area contributed by atoms with E-state index in [0.29, 0.717) is 11.3 Å². The van der Waals surface area contributed by atoms with Crippen LogP contribution in [0.3, 0.4) is 0 Å². The Labute approximate surface area is 131 Å². The minimum absolute atomic E-state index is 0.0357. The van der Waals surface area contributed by atoms with Gasteiger partial charge < -0.3 is 15.2 Å². The number of hydrogen-bond acceptors (Lipinski definition) is 5. The number of carbonyl (C=O) groups is 1. The average molecular weight is 330 g/mol. The van der Waals surface area contributed by atoms with E-state index in [1.807, 2.05) is 0 Å². The van der Waals surface area contributed by atoms with Crippen LogP contribution < -0.4 is 10.5 Å². The van der Waals surface area contributed by atoms with E-state index in [9.17, 15) is 13.2 Å². The third-order valence-corrected chi connectivity index (χ3v) is 5.30. The van der Waals surface area contributed by atoms with Crippen molar-refractivity contribution in [3.63, 3.8) is 0 Å². The Kier molecular flexibility index (Phi) is 6.34. The van der Waals surface area contributed by atoms with Gasteiger partial charge in [-0.3, -0.25) is 4.79 Å². The number of nitrogens with zero attached hydrogens (tertiary/aromatic N) is 1. The molecule has 22 heavy (non-hydrogen) atoms. The number of primary amides is 1. The molecule has 0 aromatic heterocycles. The highest BCUT2D eigenvalue weighted by atomic mass is 32.2. The number of hydrogen-bond donors (Lipinski definition) is 1. The zero-order valence-corrected chi connectivity index (χ0v) is 14.0. The lowest BCUT2D eigenvalue weighted by Crippen LogP contribution is -2.47. The van der Waals surface area contributed by atoms with Crippen molar-refractivity contribution in [2.75, 3.05) is 27.4 Å². The van der Waals surface area contributed by atoms with Crippen molar-refractivity contribution in [2.45, 2.75) is 24.8 Å². The third kappa shape index (κ3) is 3.96. The number of benzene rings is 1. The maximum atomic E-state index is 12.8. The van der Waals surface area contributed by atoms with Gasteiger partial charge in [0.15, 0.2) is 0 Å². The van der Waals surface area contributed by atoms with Crippen LogP contribution in [0.1, 0.15) is 12.5 Å². The zero-order valence-electron chi connectivity index (χ0n) is 13.2. The predicted molar refractivity (Wildman–Crippen MR) is 82.2 cm³/mol. The summed E-state index contributed by atoms with van der Waals surface area (Å²) in [5, 5.41) is 0. The Morgan fingerprint density at radius 3 is 2.45 bits per heavy atom. The van der Waals surface area contributed by atoms with Gasteiger partial charge in [0.2, 0.25) is 15.9 Å². The summed E-state index contributed by atoms with van der Waals surface area (Å²) in [6.45, 7) is 3.39. The maximum absolute atomic E-state index is 12.8. The van der Waals surface area contributed by atoms with Crippen LogP contribution in [-0.2, 0) is 19.6 Å². The SMILES string of the molecule is COCCN([C@@H](C)C(N)=O)S(=O)(=O)c1ccc(OC)c(C)c1. The van der Waals surface area contributed by atoms with Gasteiger partial charge in [0.25, 0.3) is 0 Å². The topological polar surface area (TPSA) is 98.9 Å². The van der Waals surface area contributed by atoms with E-state index in [-0.39, 0.29) is 18.0 Å². The smallest absolute Gasteiger partial charge is 0.243 e. The summed E-state index contributed by atoms with van der Waals surface area (Å²) in [6.07, 6.45) is 0. The van der Waals surface area contributed by atoms with Crippen molar-refractivity contribution >= 4 is 15.9 Å². The van der Waals surface area contributed by atoms with Gasteiger partial charge in [-0.2, -0.15) is 4.31 Å². The summed E-state index contributed by atoms with van der Waals surface area (Å²) in [6, 6.07) is 3.55. The van der Waals surface area contributed by atoms with Crippen LogP contribution in [0.25, 0.3) is 0 Å². The van der Waals surface area contributed by atoms with E-state index in [0.717, 1.165) is 4.31 Å². The lowest BCUT2D eigenvalue weighted by molar-refractivity contribution is -0.121. The zero-order chi connectivity index (χ0) is 16.9. The lowest BCUT2D eigenvalue weighted by Gasteiger charge is -2.26. The molecule has 1 atom stereocenters. The molecule has 0 aliphatic carbocycles. The van der Waals surface area contributed by atoms with E-state index < -0.39 is 22.0 Å². The molecule has 0 heterocycles. The van der Waals surface area contributed by atoms with Gasteiger partial charge in [0.1, 0.15) is 11.8 Å². The molecule has 0 spiro atoms. The highest BCUT2D eigenvalue weighted by Crippen LogP contribution is 2.24. The molecular formula is C14H22N2O5S. The molecule has 2 N–H and O–H groups in total. The Balaban J connectivity index is 3.26. The molecule has 0 radical (unpaired) electrons. The first-order valence-electron chi connectivity index (χ1n) is 6.70.